The lowest BCUT2D eigenvalue weighted by Gasteiger charge is -2.15. The van der Waals surface area contributed by atoms with E-state index in [4.69, 9.17) is 0 Å². The van der Waals surface area contributed by atoms with E-state index in [0.717, 1.165) is 17.9 Å². The molecule has 0 radical (unpaired) electrons. The first-order valence-corrected chi connectivity index (χ1v) is 6.94. The first kappa shape index (κ1) is 13.7. The molecule has 7 nitrogen and oxygen atoms in total. The summed E-state index contributed by atoms with van der Waals surface area (Å²) in [5, 5.41) is 12.5. The molecule has 0 spiro atoms. The predicted molar refractivity (Wildman–Crippen MR) is 75.6 cm³/mol. The fraction of sp³-hybridized carbons (Fsp3) is 0.429. The third-order valence-corrected chi connectivity index (χ3v) is 3.71. The van der Waals surface area contributed by atoms with Crippen molar-refractivity contribution in [3.63, 3.8) is 0 Å². The number of nitrogens with one attached hydrogen (secondary N) is 2. The molecule has 1 saturated heterocycles. The summed E-state index contributed by atoms with van der Waals surface area (Å²) in [7, 11) is 0. The highest BCUT2D eigenvalue weighted by Crippen LogP contribution is 2.20. The Labute approximate surface area is 121 Å². The van der Waals surface area contributed by atoms with Crippen molar-refractivity contribution < 1.29 is 9.90 Å². The van der Waals surface area contributed by atoms with Gasteiger partial charge >= 0.3 is 5.97 Å². The van der Waals surface area contributed by atoms with E-state index < -0.39 is 5.97 Å². The van der Waals surface area contributed by atoms with E-state index in [0.29, 0.717) is 24.5 Å². The number of hydrogen-bond donors (Lipinski definition) is 3. The molecule has 3 heterocycles. The number of aliphatic carboxylic acids is 1. The van der Waals surface area contributed by atoms with Gasteiger partial charge in [0.15, 0.2) is 11.6 Å². The first-order chi connectivity index (χ1) is 10.1. The number of hydrogen-bond acceptors (Lipinski definition) is 5. The van der Waals surface area contributed by atoms with Gasteiger partial charge in [0.05, 0.1) is 5.92 Å². The third kappa shape index (κ3) is 2.92. The topological polar surface area (TPSA) is 104 Å². The average molecular weight is 287 g/mol. The van der Waals surface area contributed by atoms with Gasteiger partial charge < -0.3 is 15.4 Å². The highest BCUT2D eigenvalue weighted by molar-refractivity contribution is 5.71. The van der Waals surface area contributed by atoms with Crippen molar-refractivity contribution in [2.24, 2.45) is 5.92 Å². The second kappa shape index (κ2) is 5.61. The van der Waals surface area contributed by atoms with Crippen LogP contribution in [-0.2, 0) is 11.2 Å². The largest absolute Gasteiger partial charge is 0.481 e. The highest BCUT2D eigenvalue weighted by Gasteiger charge is 2.32. The smallest absolute Gasteiger partial charge is 0.308 e. The van der Waals surface area contributed by atoms with Crippen LogP contribution in [0.5, 0.6) is 0 Å². The molecular weight excluding hydrogens is 270 g/mol. The minimum absolute atomic E-state index is 0.0822. The van der Waals surface area contributed by atoms with Crippen LogP contribution in [0.15, 0.2) is 18.5 Å². The van der Waals surface area contributed by atoms with Crippen molar-refractivity contribution >= 4 is 5.97 Å². The van der Waals surface area contributed by atoms with Gasteiger partial charge in [-0.15, -0.1) is 0 Å². The molecule has 0 bridgehead atoms. The molecule has 0 aromatic carbocycles. The monoisotopic (exact) mass is 287 g/mol. The normalized spacial score (nSPS) is 21.6. The molecule has 2 unspecified atom stereocenters. The Bertz CT molecular complexity index is 641. The summed E-state index contributed by atoms with van der Waals surface area (Å²) in [6.07, 6.45) is 4.61. The van der Waals surface area contributed by atoms with Gasteiger partial charge in [0.1, 0.15) is 0 Å². The molecular formula is C14H17N5O2. The second-order valence-corrected chi connectivity index (χ2v) is 5.26. The van der Waals surface area contributed by atoms with Gasteiger partial charge in [0.25, 0.3) is 0 Å². The van der Waals surface area contributed by atoms with Crippen LogP contribution in [0, 0.1) is 12.8 Å². The van der Waals surface area contributed by atoms with Crippen molar-refractivity contribution in [3.05, 3.63) is 29.8 Å². The van der Waals surface area contributed by atoms with Crippen molar-refractivity contribution in [1.82, 2.24) is 25.3 Å². The number of imidazole rings is 1. The summed E-state index contributed by atoms with van der Waals surface area (Å²) in [4.78, 5) is 27.2. The SMILES string of the molecule is Cc1cc(CC2NCCC2C(=O)O)nc(-c2ncc[nH]2)n1. The molecule has 3 rings (SSSR count). The molecule has 2 atom stereocenters. The van der Waals surface area contributed by atoms with Crippen molar-refractivity contribution in [1.29, 1.82) is 0 Å². The van der Waals surface area contributed by atoms with Gasteiger partial charge in [-0.3, -0.25) is 4.79 Å². The Morgan fingerprint density at radius 3 is 3.05 bits per heavy atom. The molecule has 1 aliphatic heterocycles. The minimum Gasteiger partial charge on any atom is -0.481 e. The van der Waals surface area contributed by atoms with E-state index in [2.05, 4.69) is 25.3 Å². The lowest BCUT2D eigenvalue weighted by atomic mass is 9.97. The number of aryl methyl sites for hydroxylation is 1. The molecule has 7 heteroatoms. The Hall–Kier alpha value is -2.28. The number of H-pyrrole nitrogens is 1. The van der Waals surface area contributed by atoms with Crippen LogP contribution in [0.3, 0.4) is 0 Å². The van der Waals surface area contributed by atoms with E-state index in [1.807, 2.05) is 13.0 Å². The first-order valence-electron chi connectivity index (χ1n) is 6.94. The Morgan fingerprint density at radius 2 is 2.33 bits per heavy atom. The number of carboxylic acids is 1. The Kier molecular flexibility index (Phi) is 3.66. The molecule has 0 amide bonds. The molecule has 21 heavy (non-hydrogen) atoms. The van der Waals surface area contributed by atoms with E-state index in [1.165, 1.54) is 0 Å². The maximum Gasteiger partial charge on any atom is 0.308 e. The van der Waals surface area contributed by atoms with Crippen molar-refractivity contribution in [3.8, 4) is 11.6 Å². The fourth-order valence-corrected chi connectivity index (χ4v) is 2.73. The van der Waals surface area contributed by atoms with E-state index in [1.54, 1.807) is 12.4 Å². The molecule has 2 aromatic heterocycles. The predicted octanol–water partition coefficient (Wildman–Crippen LogP) is 0.780. The zero-order valence-electron chi connectivity index (χ0n) is 11.7. The number of nitrogens with zero attached hydrogens (tertiary/aromatic N) is 3. The summed E-state index contributed by atoms with van der Waals surface area (Å²) in [6.45, 7) is 2.63. The Morgan fingerprint density at radius 1 is 1.48 bits per heavy atom. The molecule has 2 aromatic rings. The van der Waals surface area contributed by atoms with Gasteiger partial charge in [-0.05, 0) is 26.0 Å². The van der Waals surface area contributed by atoms with Crippen LogP contribution in [0.4, 0.5) is 0 Å². The van der Waals surface area contributed by atoms with Gasteiger partial charge in [-0.1, -0.05) is 0 Å². The van der Waals surface area contributed by atoms with Crippen LogP contribution in [0.1, 0.15) is 17.8 Å². The maximum atomic E-state index is 11.2. The van der Waals surface area contributed by atoms with Crippen LogP contribution < -0.4 is 5.32 Å². The molecule has 0 aliphatic carbocycles. The number of carbonyl (C=O) groups is 1. The molecule has 110 valence electrons. The van der Waals surface area contributed by atoms with Gasteiger partial charge in [-0.25, -0.2) is 15.0 Å². The zero-order valence-corrected chi connectivity index (χ0v) is 11.7. The van der Waals surface area contributed by atoms with Crippen molar-refractivity contribution in [2.75, 3.05) is 6.54 Å². The summed E-state index contributed by atoms with van der Waals surface area (Å²) in [5.41, 5.74) is 1.68. The highest BCUT2D eigenvalue weighted by atomic mass is 16.4. The van der Waals surface area contributed by atoms with E-state index >= 15 is 0 Å². The lowest BCUT2D eigenvalue weighted by Crippen LogP contribution is -2.33. The van der Waals surface area contributed by atoms with E-state index in [9.17, 15) is 9.90 Å². The van der Waals surface area contributed by atoms with E-state index in [-0.39, 0.29) is 12.0 Å². The fourth-order valence-electron chi connectivity index (χ4n) is 2.73. The summed E-state index contributed by atoms with van der Waals surface area (Å²) in [5.74, 6) is 0.0587. The average Bonchev–Trinajstić information content (AvgIpc) is 3.08. The zero-order chi connectivity index (χ0) is 14.8. The number of carboxylic acid groups (broad SMARTS) is 1. The van der Waals surface area contributed by atoms with Gasteiger partial charge in [-0.2, -0.15) is 0 Å². The summed E-state index contributed by atoms with van der Waals surface area (Å²) >= 11 is 0. The third-order valence-electron chi connectivity index (χ3n) is 3.71. The van der Waals surface area contributed by atoms with Crippen LogP contribution in [-0.4, -0.2) is 43.6 Å². The van der Waals surface area contributed by atoms with Crippen LogP contribution in [0.2, 0.25) is 0 Å². The maximum absolute atomic E-state index is 11.2. The summed E-state index contributed by atoms with van der Waals surface area (Å²) in [6, 6.07) is 1.81. The van der Waals surface area contributed by atoms with Crippen LogP contribution in [0.25, 0.3) is 11.6 Å². The Balaban J connectivity index is 1.84. The van der Waals surface area contributed by atoms with Crippen LogP contribution >= 0.6 is 0 Å². The molecule has 3 N–H and O–H groups in total. The molecule has 1 aliphatic rings. The molecule has 1 fully saturated rings. The lowest BCUT2D eigenvalue weighted by molar-refractivity contribution is -0.141. The summed E-state index contributed by atoms with van der Waals surface area (Å²) < 4.78 is 0. The minimum atomic E-state index is -0.748. The van der Waals surface area contributed by atoms with Crippen molar-refractivity contribution in [2.45, 2.75) is 25.8 Å². The quantitative estimate of drug-likeness (QED) is 0.767. The standard InChI is InChI=1S/C14H17N5O2/c1-8-6-9(7-11-10(14(20)21)2-3-15-11)19-13(18-8)12-16-4-5-17-12/h4-6,10-11,15H,2-3,7H2,1H3,(H,16,17)(H,20,21). The molecule has 0 saturated carbocycles. The number of aromatic amines is 1. The number of aromatic nitrogens is 4. The second-order valence-electron chi connectivity index (χ2n) is 5.26. The number of rotatable bonds is 4. The van der Waals surface area contributed by atoms with Gasteiger partial charge in [0.2, 0.25) is 0 Å². The van der Waals surface area contributed by atoms with Gasteiger partial charge in [0, 0.05) is 36.2 Å².